The van der Waals surface area contributed by atoms with Gasteiger partial charge >= 0.3 is 6.18 Å². The summed E-state index contributed by atoms with van der Waals surface area (Å²) in [6, 6.07) is 5.95. The molecule has 24 heavy (non-hydrogen) atoms. The summed E-state index contributed by atoms with van der Waals surface area (Å²) in [6.07, 6.45) is -3.80. The number of alkyl halides is 3. The topological polar surface area (TPSA) is 29.1 Å². The van der Waals surface area contributed by atoms with Crippen molar-refractivity contribution in [2.24, 2.45) is 0 Å². The van der Waals surface area contributed by atoms with Crippen molar-refractivity contribution in [2.75, 3.05) is 5.32 Å². The summed E-state index contributed by atoms with van der Waals surface area (Å²) in [6.45, 7) is 0. The van der Waals surface area contributed by atoms with E-state index in [-0.39, 0.29) is 5.57 Å². The van der Waals surface area contributed by atoms with Crippen molar-refractivity contribution in [3.8, 4) is 0 Å². The van der Waals surface area contributed by atoms with Gasteiger partial charge in [0.25, 0.3) is 5.91 Å². The second-order valence-electron chi connectivity index (χ2n) is 5.02. The summed E-state index contributed by atoms with van der Waals surface area (Å²) in [5.74, 6) is -1.65. The molecule has 2 aromatic carbocycles. The Morgan fingerprint density at radius 3 is 2.50 bits per heavy atom. The molecule has 2 aromatic rings. The molecule has 0 radical (unpaired) electrons. The summed E-state index contributed by atoms with van der Waals surface area (Å²) in [4.78, 5) is 12.2. The van der Waals surface area contributed by atoms with Gasteiger partial charge in [0, 0.05) is 25.6 Å². The number of anilines is 1. The van der Waals surface area contributed by atoms with Gasteiger partial charge in [0.05, 0.1) is 11.3 Å². The lowest BCUT2D eigenvalue weighted by Crippen LogP contribution is -2.09. The van der Waals surface area contributed by atoms with Crippen molar-refractivity contribution in [1.29, 1.82) is 0 Å². The molecule has 8 heteroatoms. The third kappa shape index (κ3) is 3.00. The molecule has 0 saturated heterocycles. The maximum atomic E-state index is 14.0. The fourth-order valence-electron chi connectivity index (χ4n) is 2.43. The lowest BCUT2D eigenvalue weighted by molar-refractivity contribution is -0.137. The number of fused-ring (bicyclic) bond motifs is 1. The number of hydrogen-bond donors (Lipinski definition) is 1. The second kappa shape index (κ2) is 6.00. The van der Waals surface area contributed by atoms with E-state index < -0.39 is 29.0 Å². The standard InChI is InChI=1S/C16H7Br2F4NO/c17-7-4-8-9(15(24)23-14(8)12(18)5-7)6-10-11(16(20,21)22)2-1-3-13(10)19/h1-6H,(H,23,24). The Bertz CT molecular complexity index is 890. The average molecular weight is 465 g/mol. The molecule has 1 heterocycles. The van der Waals surface area contributed by atoms with Crippen LogP contribution in [0.3, 0.4) is 0 Å². The van der Waals surface area contributed by atoms with Crippen molar-refractivity contribution < 1.29 is 22.4 Å². The first kappa shape index (κ1) is 17.2. The summed E-state index contributed by atoms with van der Waals surface area (Å²) in [7, 11) is 0. The second-order valence-corrected chi connectivity index (χ2v) is 6.79. The van der Waals surface area contributed by atoms with Crippen LogP contribution in [-0.4, -0.2) is 5.91 Å². The summed E-state index contributed by atoms with van der Waals surface area (Å²) >= 11 is 6.53. The Balaban J connectivity index is 2.24. The van der Waals surface area contributed by atoms with Gasteiger partial charge in [-0.25, -0.2) is 4.39 Å². The van der Waals surface area contributed by atoms with E-state index in [0.717, 1.165) is 24.3 Å². The molecular weight excluding hydrogens is 458 g/mol. The zero-order valence-corrected chi connectivity index (χ0v) is 14.8. The number of hydrogen-bond acceptors (Lipinski definition) is 1. The van der Waals surface area contributed by atoms with Crippen LogP contribution in [0.5, 0.6) is 0 Å². The minimum atomic E-state index is -4.73. The van der Waals surface area contributed by atoms with Crippen molar-refractivity contribution in [1.82, 2.24) is 0 Å². The molecule has 0 aromatic heterocycles. The van der Waals surface area contributed by atoms with E-state index in [2.05, 4.69) is 37.2 Å². The number of amides is 1. The van der Waals surface area contributed by atoms with E-state index in [0.29, 0.717) is 20.2 Å². The van der Waals surface area contributed by atoms with Crippen LogP contribution in [0.4, 0.5) is 23.2 Å². The molecule has 0 atom stereocenters. The first-order chi connectivity index (χ1) is 11.2. The lowest BCUT2D eigenvalue weighted by Gasteiger charge is -2.11. The van der Waals surface area contributed by atoms with Crippen LogP contribution in [0.15, 0.2) is 39.3 Å². The van der Waals surface area contributed by atoms with Crippen LogP contribution in [-0.2, 0) is 11.0 Å². The van der Waals surface area contributed by atoms with Crippen LogP contribution in [0.1, 0.15) is 16.7 Å². The van der Waals surface area contributed by atoms with E-state index in [9.17, 15) is 22.4 Å². The fraction of sp³-hybridized carbons (Fsp3) is 0.0625. The Kier molecular flexibility index (Phi) is 4.29. The molecule has 0 fully saturated rings. The van der Waals surface area contributed by atoms with Crippen molar-refractivity contribution in [2.45, 2.75) is 6.18 Å². The number of rotatable bonds is 1. The molecule has 0 spiro atoms. The van der Waals surface area contributed by atoms with Gasteiger partial charge in [0.15, 0.2) is 0 Å². The molecule has 1 aliphatic heterocycles. The SMILES string of the molecule is O=C1Nc2c(Br)cc(Br)cc2C1=Cc1c(F)cccc1C(F)(F)F. The van der Waals surface area contributed by atoms with E-state index in [1.54, 1.807) is 12.1 Å². The van der Waals surface area contributed by atoms with E-state index in [1.807, 2.05) is 0 Å². The maximum Gasteiger partial charge on any atom is 0.417 e. The number of nitrogens with one attached hydrogen (secondary N) is 1. The van der Waals surface area contributed by atoms with Gasteiger partial charge < -0.3 is 5.32 Å². The fourth-order valence-corrected chi connectivity index (χ4v) is 3.76. The lowest BCUT2D eigenvalue weighted by atomic mass is 10.00. The first-order valence-corrected chi connectivity index (χ1v) is 8.15. The third-order valence-corrected chi connectivity index (χ3v) is 4.56. The predicted molar refractivity (Wildman–Crippen MR) is 89.7 cm³/mol. The van der Waals surface area contributed by atoms with Gasteiger partial charge in [0.2, 0.25) is 0 Å². The van der Waals surface area contributed by atoms with Gasteiger partial charge in [-0.15, -0.1) is 0 Å². The van der Waals surface area contributed by atoms with Crippen molar-refractivity contribution in [3.63, 3.8) is 0 Å². The van der Waals surface area contributed by atoms with Gasteiger partial charge in [-0.05, 0) is 46.3 Å². The van der Waals surface area contributed by atoms with Gasteiger partial charge in [-0.2, -0.15) is 13.2 Å². The third-order valence-electron chi connectivity index (χ3n) is 3.48. The number of benzene rings is 2. The van der Waals surface area contributed by atoms with E-state index in [4.69, 9.17) is 0 Å². The molecule has 1 amide bonds. The quantitative estimate of drug-likeness (QED) is 0.415. The Morgan fingerprint density at radius 1 is 1.12 bits per heavy atom. The van der Waals surface area contributed by atoms with Crippen LogP contribution in [0.2, 0.25) is 0 Å². The van der Waals surface area contributed by atoms with E-state index in [1.165, 1.54) is 0 Å². The molecule has 1 N–H and O–H groups in total. The Morgan fingerprint density at radius 2 is 1.83 bits per heavy atom. The molecule has 0 aliphatic carbocycles. The van der Waals surface area contributed by atoms with Gasteiger partial charge in [0.1, 0.15) is 5.82 Å². The molecule has 0 saturated carbocycles. The van der Waals surface area contributed by atoms with Crippen molar-refractivity contribution >= 4 is 55.1 Å². The molecule has 0 bridgehead atoms. The summed E-state index contributed by atoms with van der Waals surface area (Å²) < 4.78 is 54.5. The van der Waals surface area contributed by atoms with Crippen LogP contribution < -0.4 is 5.32 Å². The first-order valence-electron chi connectivity index (χ1n) is 6.56. The van der Waals surface area contributed by atoms with Gasteiger partial charge in [-0.1, -0.05) is 22.0 Å². The molecule has 1 aliphatic rings. The Labute approximate surface area is 150 Å². The molecule has 3 rings (SSSR count). The highest BCUT2D eigenvalue weighted by Crippen LogP contribution is 2.42. The minimum absolute atomic E-state index is 0.0393. The molecule has 124 valence electrons. The molecular formula is C16H7Br2F4NO. The highest BCUT2D eigenvalue weighted by Gasteiger charge is 2.35. The van der Waals surface area contributed by atoms with Gasteiger partial charge in [-0.3, -0.25) is 4.79 Å². The molecule has 2 nitrogen and oxygen atoms in total. The zero-order valence-electron chi connectivity index (χ0n) is 11.6. The van der Waals surface area contributed by atoms with Crippen LogP contribution in [0, 0.1) is 5.82 Å². The summed E-state index contributed by atoms with van der Waals surface area (Å²) in [5.41, 5.74) is -1.02. The molecule has 0 unspecified atom stereocenters. The minimum Gasteiger partial charge on any atom is -0.320 e. The number of carbonyl (C=O) groups excluding carboxylic acids is 1. The Hall–Kier alpha value is -1.67. The zero-order chi connectivity index (χ0) is 17.6. The number of halogens is 6. The normalized spacial score (nSPS) is 15.6. The smallest absolute Gasteiger partial charge is 0.320 e. The van der Waals surface area contributed by atoms with Crippen LogP contribution >= 0.6 is 31.9 Å². The monoisotopic (exact) mass is 463 g/mol. The largest absolute Gasteiger partial charge is 0.417 e. The summed E-state index contributed by atoms with van der Waals surface area (Å²) in [5, 5.41) is 2.56. The van der Waals surface area contributed by atoms with E-state index >= 15 is 0 Å². The highest BCUT2D eigenvalue weighted by molar-refractivity contribution is 9.11. The van der Waals surface area contributed by atoms with Crippen LogP contribution in [0.25, 0.3) is 11.6 Å². The number of carbonyl (C=O) groups is 1. The van der Waals surface area contributed by atoms with Crippen molar-refractivity contribution in [3.05, 3.63) is 61.8 Å². The highest BCUT2D eigenvalue weighted by atomic mass is 79.9. The average Bonchev–Trinajstić information content (AvgIpc) is 2.77. The maximum absolute atomic E-state index is 14.0. The predicted octanol–water partition coefficient (Wildman–Crippen LogP) is 5.86.